The van der Waals surface area contributed by atoms with Crippen LogP contribution in [-0.2, 0) is 0 Å². The Morgan fingerprint density at radius 3 is 1.59 bits per heavy atom. The maximum atomic E-state index is 3.85. The first-order valence-corrected chi connectivity index (χ1v) is 5.62. The van der Waals surface area contributed by atoms with Gasteiger partial charge in [0.25, 0.3) is 0 Å². The zero-order valence-corrected chi connectivity index (χ0v) is 9.34. The Hall–Kier alpha value is -1.22. The first kappa shape index (κ1) is 13.8. The van der Waals surface area contributed by atoms with Crippen molar-refractivity contribution in [2.45, 2.75) is 12.3 Å². The Kier molecular flexibility index (Phi) is 5.84. The summed E-state index contributed by atoms with van der Waals surface area (Å²) in [7, 11) is 0. The second kappa shape index (κ2) is 7.17. The van der Waals surface area contributed by atoms with E-state index < -0.39 is 0 Å². The minimum absolute atomic E-state index is 0. The summed E-state index contributed by atoms with van der Waals surface area (Å²) in [4.78, 5) is 0. The Balaban J connectivity index is 0.00000144. The Morgan fingerprint density at radius 2 is 1.24 bits per heavy atom. The molecule has 0 aliphatic carbocycles. The van der Waals surface area contributed by atoms with Gasteiger partial charge in [-0.15, -0.1) is 6.58 Å². The molecular weight excluding hydrogens is 199 g/mol. The van der Waals surface area contributed by atoms with Crippen molar-refractivity contribution in [2.24, 2.45) is 0 Å². The third-order valence-electron chi connectivity index (χ3n) is 2.81. The van der Waals surface area contributed by atoms with Gasteiger partial charge < -0.3 is 0 Å². The summed E-state index contributed by atoms with van der Waals surface area (Å²) >= 11 is 0. The van der Waals surface area contributed by atoms with Crippen LogP contribution in [0.3, 0.4) is 0 Å². The Morgan fingerprint density at radius 1 is 0.824 bits per heavy atom. The van der Waals surface area contributed by atoms with Gasteiger partial charge in [-0.05, 0) is 17.5 Å². The molecule has 0 atom stereocenters. The van der Waals surface area contributed by atoms with E-state index in [1.54, 1.807) is 0 Å². The quantitative estimate of drug-likeness (QED) is 0.539. The first-order valence-electron chi connectivity index (χ1n) is 5.62. The fourth-order valence-electron chi connectivity index (χ4n) is 2.00. The molecule has 82 valence electrons. The van der Waals surface area contributed by atoms with E-state index in [1.165, 1.54) is 11.1 Å². The molecule has 0 bridgehead atoms. The fourth-order valence-corrected chi connectivity index (χ4v) is 2.00. The third-order valence-corrected chi connectivity index (χ3v) is 2.81. The Labute approximate surface area is 116 Å². The van der Waals surface area contributed by atoms with Gasteiger partial charge in [0.05, 0.1) is 0 Å². The van der Waals surface area contributed by atoms with Crippen molar-refractivity contribution in [3.8, 4) is 0 Å². The van der Waals surface area contributed by atoms with E-state index in [0.29, 0.717) is 5.92 Å². The van der Waals surface area contributed by atoms with Crippen LogP contribution in [0, 0.1) is 0 Å². The minimum atomic E-state index is 0. The van der Waals surface area contributed by atoms with E-state index in [9.17, 15) is 0 Å². The molecule has 0 nitrogen and oxygen atoms in total. The van der Waals surface area contributed by atoms with E-state index in [0.717, 1.165) is 6.42 Å². The number of hydrogen-bond donors (Lipinski definition) is 0. The van der Waals surface area contributed by atoms with Crippen molar-refractivity contribution in [3.05, 3.63) is 84.4 Å². The van der Waals surface area contributed by atoms with Crippen LogP contribution in [0.1, 0.15) is 23.5 Å². The first-order chi connectivity index (χ1) is 7.92. The summed E-state index contributed by atoms with van der Waals surface area (Å²) in [5.41, 5.74) is 2.71. The van der Waals surface area contributed by atoms with Gasteiger partial charge in [-0.1, -0.05) is 66.7 Å². The molecule has 2 aromatic carbocycles. The second-order valence-corrected chi connectivity index (χ2v) is 3.90. The van der Waals surface area contributed by atoms with Crippen LogP contribution in [0.25, 0.3) is 0 Å². The zero-order chi connectivity index (χ0) is 11.2. The van der Waals surface area contributed by atoms with E-state index >= 15 is 0 Å². The van der Waals surface area contributed by atoms with Crippen molar-refractivity contribution in [2.75, 3.05) is 0 Å². The fraction of sp³-hybridized carbons (Fsp3) is 0.125. The normalized spacial score (nSPS) is 9.71. The van der Waals surface area contributed by atoms with Gasteiger partial charge >= 0.3 is 18.9 Å². The topological polar surface area (TPSA) is 0 Å². The summed E-state index contributed by atoms with van der Waals surface area (Å²) in [6.07, 6.45) is 2.97. The van der Waals surface area contributed by atoms with Crippen LogP contribution in [0.5, 0.6) is 0 Å². The number of hydrogen-bond acceptors (Lipinski definition) is 0. The molecule has 2 rings (SSSR count). The van der Waals surface area contributed by atoms with Gasteiger partial charge in [-0.25, -0.2) is 0 Å². The molecule has 0 aromatic heterocycles. The standard InChI is InChI=1S/C16H16.Li.H/c1-2-9-16(14-10-5-3-6-11-14)15-12-7-4-8-13-15;;/h2-8,10-13,16H,1,9H2;;. The monoisotopic (exact) mass is 216 g/mol. The summed E-state index contributed by atoms with van der Waals surface area (Å²) in [5, 5.41) is 0. The molecule has 0 aliphatic heterocycles. The molecule has 0 aliphatic rings. The van der Waals surface area contributed by atoms with Gasteiger partial charge in [0.15, 0.2) is 0 Å². The molecule has 0 saturated carbocycles. The van der Waals surface area contributed by atoms with E-state index in [-0.39, 0.29) is 18.9 Å². The molecule has 2 aromatic rings. The van der Waals surface area contributed by atoms with Gasteiger partial charge in [-0.2, -0.15) is 0 Å². The molecule has 0 saturated heterocycles. The van der Waals surface area contributed by atoms with Crippen LogP contribution in [0.4, 0.5) is 0 Å². The van der Waals surface area contributed by atoms with Crippen molar-refractivity contribution in [3.63, 3.8) is 0 Å². The second-order valence-electron chi connectivity index (χ2n) is 3.90. The number of benzene rings is 2. The average molecular weight is 216 g/mol. The SMILES string of the molecule is C=CCC(c1ccccc1)c1ccccc1.[LiH]. The van der Waals surface area contributed by atoms with Crippen LogP contribution in [0.15, 0.2) is 73.3 Å². The van der Waals surface area contributed by atoms with Crippen LogP contribution in [0.2, 0.25) is 0 Å². The van der Waals surface area contributed by atoms with Gasteiger partial charge in [0.1, 0.15) is 0 Å². The van der Waals surface area contributed by atoms with Crippen LogP contribution >= 0.6 is 0 Å². The summed E-state index contributed by atoms with van der Waals surface area (Å²) in [5.74, 6) is 0.430. The van der Waals surface area contributed by atoms with E-state index in [4.69, 9.17) is 0 Å². The number of allylic oxidation sites excluding steroid dienone is 1. The molecule has 0 spiro atoms. The Bertz CT molecular complexity index is 394. The molecule has 0 radical (unpaired) electrons. The van der Waals surface area contributed by atoms with Gasteiger partial charge in [0, 0.05) is 5.92 Å². The van der Waals surface area contributed by atoms with E-state index in [2.05, 4.69) is 67.2 Å². The predicted octanol–water partition coefficient (Wildman–Crippen LogP) is 3.75. The zero-order valence-electron chi connectivity index (χ0n) is 9.34. The molecule has 17 heavy (non-hydrogen) atoms. The molecule has 1 heteroatoms. The van der Waals surface area contributed by atoms with E-state index in [1.807, 2.05) is 6.08 Å². The molecule has 0 amide bonds. The van der Waals surface area contributed by atoms with Crippen LogP contribution < -0.4 is 0 Å². The van der Waals surface area contributed by atoms with Crippen molar-refractivity contribution in [1.82, 2.24) is 0 Å². The molecule has 0 heterocycles. The van der Waals surface area contributed by atoms with Crippen molar-refractivity contribution in [1.29, 1.82) is 0 Å². The van der Waals surface area contributed by atoms with Gasteiger partial charge in [-0.3, -0.25) is 0 Å². The summed E-state index contributed by atoms with van der Waals surface area (Å²) in [6.45, 7) is 3.85. The predicted molar refractivity (Wildman–Crippen MR) is 76.7 cm³/mol. The molecular formula is C16H17Li. The van der Waals surface area contributed by atoms with Crippen molar-refractivity contribution < 1.29 is 0 Å². The van der Waals surface area contributed by atoms with Crippen molar-refractivity contribution >= 4 is 18.9 Å². The molecule has 0 unspecified atom stereocenters. The maximum absolute atomic E-state index is 3.85. The van der Waals surface area contributed by atoms with Gasteiger partial charge in [0.2, 0.25) is 0 Å². The third kappa shape index (κ3) is 3.63. The number of rotatable bonds is 4. The molecule has 0 fully saturated rings. The molecule has 0 N–H and O–H groups in total. The van der Waals surface area contributed by atoms with Crippen LogP contribution in [-0.4, -0.2) is 18.9 Å². The summed E-state index contributed by atoms with van der Waals surface area (Å²) < 4.78 is 0. The average Bonchev–Trinajstić information content (AvgIpc) is 2.38. The summed E-state index contributed by atoms with van der Waals surface area (Å²) in [6, 6.07) is 21.2.